The van der Waals surface area contributed by atoms with E-state index in [0.717, 1.165) is 0 Å². The minimum Gasteiger partial charge on any atom is -0.479 e. The largest absolute Gasteiger partial charge is 0.479 e. The number of fused-ring (bicyclic) bond motifs is 1. The number of nitro groups is 1. The summed E-state index contributed by atoms with van der Waals surface area (Å²) in [6.45, 7) is 2.25. The predicted molar refractivity (Wildman–Crippen MR) is 77.0 cm³/mol. The first-order chi connectivity index (χ1) is 10.0. The van der Waals surface area contributed by atoms with Gasteiger partial charge in [0.15, 0.2) is 0 Å². The SMILES string of the molecule is CCC1(C(=O)O)CCCN1c1nc2sccn2c1[N+](=O)[O-]. The van der Waals surface area contributed by atoms with Gasteiger partial charge in [0.1, 0.15) is 11.7 Å². The lowest BCUT2D eigenvalue weighted by molar-refractivity contribution is -0.389. The number of carboxylic acid groups (broad SMARTS) is 1. The third kappa shape index (κ3) is 1.80. The molecule has 3 rings (SSSR count). The van der Waals surface area contributed by atoms with Gasteiger partial charge in [0.2, 0.25) is 5.82 Å². The first kappa shape index (κ1) is 13.8. The van der Waals surface area contributed by atoms with Crippen LogP contribution in [0.3, 0.4) is 0 Å². The van der Waals surface area contributed by atoms with Crippen molar-refractivity contribution in [3.8, 4) is 0 Å². The number of aromatic nitrogens is 2. The van der Waals surface area contributed by atoms with Gasteiger partial charge in [0, 0.05) is 11.9 Å². The minimum atomic E-state index is -1.10. The third-order valence-electron chi connectivity index (χ3n) is 4.12. The van der Waals surface area contributed by atoms with E-state index in [2.05, 4.69) is 4.98 Å². The summed E-state index contributed by atoms with van der Waals surface area (Å²) in [6, 6.07) is 0. The quantitative estimate of drug-likeness (QED) is 0.686. The lowest BCUT2D eigenvalue weighted by Gasteiger charge is -2.33. The normalized spacial score (nSPS) is 22.0. The second kappa shape index (κ2) is 4.69. The number of imidazole rings is 1. The van der Waals surface area contributed by atoms with Gasteiger partial charge in [-0.2, -0.15) is 9.38 Å². The summed E-state index contributed by atoms with van der Waals surface area (Å²) >= 11 is 1.29. The van der Waals surface area contributed by atoms with Crippen LogP contribution in [0.4, 0.5) is 11.6 Å². The topological polar surface area (TPSA) is 101 Å². The van der Waals surface area contributed by atoms with Crippen LogP contribution in [0.15, 0.2) is 11.6 Å². The second-order valence-electron chi connectivity index (χ2n) is 5.02. The van der Waals surface area contributed by atoms with E-state index in [9.17, 15) is 20.0 Å². The first-order valence-electron chi connectivity index (χ1n) is 6.62. The Morgan fingerprint density at radius 1 is 1.67 bits per heavy atom. The highest BCUT2D eigenvalue weighted by atomic mass is 32.1. The molecule has 1 aliphatic heterocycles. The third-order valence-corrected chi connectivity index (χ3v) is 4.88. The van der Waals surface area contributed by atoms with Crippen molar-refractivity contribution in [2.24, 2.45) is 0 Å². The van der Waals surface area contributed by atoms with Crippen molar-refractivity contribution >= 4 is 33.9 Å². The fraction of sp³-hybridized carbons (Fsp3) is 0.500. The Morgan fingerprint density at radius 2 is 2.43 bits per heavy atom. The van der Waals surface area contributed by atoms with E-state index in [1.54, 1.807) is 23.4 Å². The average molecular weight is 310 g/mol. The maximum Gasteiger partial charge on any atom is 0.373 e. The van der Waals surface area contributed by atoms with Crippen molar-refractivity contribution in [3.63, 3.8) is 0 Å². The van der Waals surface area contributed by atoms with Crippen LogP contribution in [0.25, 0.3) is 4.96 Å². The molecule has 21 heavy (non-hydrogen) atoms. The molecule has 1 atom stereocenters. The van der Waals surface area contributed by atoms with Gasteiger partial charge >= 0.3 is 11.8 Å². The van der Waals surface area contributed by atoms with Gasteiger partial charge in [0.25, 0.3) is 4.96 Å². The molecule has 1 N–H and O–H groups in total. The average Bonchev–Trinajstić information content (AvgIpc) is 3.10. The fourth-order valence-electron chi connectivity index (χ4n) is 3.04. The highest BCUT2D eigenvalue weighted by molar-refractivity contribution is 7.15. The molecule has 1 unspecified atom stereocenters. The van der Waals surface area contributed by atoms with E-state index in [0.29, 0.717) is 30.8 Å². The molecule has 0 amide bonds. The lowest BCUT2D eigenvalue weighted by Crippen LogP contribution is -2.50. The zero-order chi connectivity index (χ0) is 15.2. The standard InChI is InChI=1S/C12H14N4O4S/c1-2-12(10(17)18)4-3-5-15(12)8-9(16(19)20)14-6-7-21-11(14)13-8/h6-7H,2-5H2,1H3,(H,17,18). The van der Waals surface area contributed by atoms with E-state index in [1.807, 2.05) is 0 Å². The molecular formula is C12H14N4O4S. The van der Waals surface area contributed by atoms with E-state index in [-0.39, 0.29) is 11.6 Å². The highest BCUT2D eigenvalue weighted by Crippen LogP contribution is 2.41. The van der Waals surface area contributed by atoms with Crippen LogP contribution in [0.1, 0.15) is 26.2 Å². The maximum atomic E-state index is 11.7. The Morgan fingerprint density at radius 3 is 3.05 bits per heavy atom. The highest BCUT2D eigenvalue weighted by Gasteiger charge is 2.49. The number of anilines is 1. The van der Waals surface area contributed by atoms with Gasteiger partial charge in [-0.3, -0.25) is 0 Å². The second-order valence-corrected chi connectivity index (χ2v) is 5.89. The van der Waals surface area contributed by atoms with Gasteiger partial charge < -0.3 is 20.1 Å². The lowest BCUT2D eigenvalue weighted by atomic mass is 9.93. The summed E-state index contributed by atoms with van der Waals surface area (Å²) in [4.78, 5) is 29.0. The van der Waals surface area contributed by atoms with Gasteiger partial charge in [-0.25, -0.2) is 4.79 Å². The molecule has 1 saturated heterocycles. The number of rotatable bonds is 4. The monoisotopic (exact) mass is 310 g/mol. The molecule has 2 aromatic heterocycles. The molecule has 0 aromatic carbocycles. The Balaban J connectivity index is 2.19. The number of carboxylic acids is 1. The molecular weight excluding hydrogens is 296 g/mol. The molecule has 2 aromatic rings. The van der Waals surface area contributed by atoms with Crippen LogP contribution in [-0.4, -0.2) is 37.5 Å². The first-order valence-corrected chi connectivity index (χ1v) is 7.50. The molecule has 0 aliphatic carbocycles. The molecule has 1 aliphatic rings. The molecule has 3 heterocycles. The van der Waals surface area contributed by atoms with Gasteiger partial charge in [0.05, 0.1) is 0 Å². The van der Waals surface area contributed by atoms with Crippen LogP contribution in [-0.2, 0) is 4.79 Å². The Bertz CT molecular complexity index is 724. The number of nitrogens with zero attached hydrogens (tertiary/aromatic N) is 4. The zero-order valence-electron chi connectivity index (χ0n) is 11.4. The Labute approximate surface area is 123 Å². The summed E-state index contributed by atoms with van der Waals surface area (Å²) in [5, 5.41) is 22.7. The van der Waals surface area contributed by atoms with Crippen LogP contribution in [0.2, 0.25) is 0 Å². The summed E-state index contributed by atoms with van der Waals surface area (Å²) in [5.74, 6) is -0.950. The van der Waals surface area contributed by atoms with E-state index in [1.165, 1.54) is 15.7 Å². The maximum absolute atomic E-state index is 11.7. The minimum absolute atomic E-state index is 0.160. The van der Waals surface area contributed by atoms with Crippen LogP contribution >= 0.6 is 11.3 Å². The van der Waals surface area contributed by atoms with Crippen molar-refractivity contribution in [1.82, 2.24) is 9.38 Å². The molecule has 0 spiro atoms. The van der Waals surface area contributed by atoms with Gasteiger partial charge in [-0.1, -0.05) is 18.3 Å². The molecule has 0 saturated carbocycles. The zero-order valence-corrected chi connectivity index (χ0v) is 12.2. The molecule has 112 valence electrons. The number of hydrogen-bond donors (Lipinski definition) is 1. The van der Waals surface area contributed by atoms with Crippen molar-refractivity contribution in [2.75, 3.05) is 11.4 Å². The number of hydrogen-bond acceptors (Lipinski definition) is 6. The molecule has 8 nitrogen and oxygen atoms in total. The van der Waals surface area contributed by atoms with Gasteiger partial charge in [-0.15, -0.1) is 0 Å². The Hall–Kier alpha value is -2.16. The van der Waals surface area contributed by atoms with Crippen LogP contribution in [0.5, 0.6) is 0 Å². The van der Waals surface area contributed by atoms with E-state index >= 15 is 0 Å². The van der Waals surface area contributed by atoms with Crippen molar-refractivity contribution in [3.05, 3.63) is 21.7 Å². The molecule has 9 heteroatoms. The number of thiazole rings is 1. The molecule has 0 radical (unpaired) electrons. The van der Waals surface area contributed by atoms with Crippen LogP contribution in [0, 0.1) is 10.1 Å². The molecule has 1 fully saturated rings. The fourth-order valence-corrected chi connectivity index (χ4v) is 3.75. The Kier molecular flexibility index (Phi) is 3.08. The van der Waals surface area contributed by atoms with E-state index < -0.39 is 16.4 Å². The van der Waals surface area contributed by atoms with Crippen LogP contribution < -0.4 is 4.90 Å². The summed E-state index contributed by atoms with van der Waals surface area (Å²) in [5.41, 5.74) is -1.10. The van der Waals surface area contributed by atoms with E-state index in [4.69, 9.17) is 0 Å². The van der Waals surface area contributed by atoms with Crippen molar-refractivity contribution < 1.29 is 14.8 Å². The smallest absolute Gasteiger partial charge is 0.373 e. The van der Waals surface area contributed by atoms with Crippen molar-refractivity contribution in [2.45, 2.75) is 31.7 Å². The summed E-state index contributed by atoms with van der Waals surface area (Å²) in [7, 11) is 0. The summed E-state index contributed by atoms with van der Waals surface area (Å²) < 4.78 is 1.40. The van der Waals surface area contributed by atoms with Crippen molar-refractivity contribution in [1.29, 1.82) is 0 Å². The predicted octanol–water partition coefficient (Wildman–Crippen LogP) is 2.14. The number of carbonyl (C=O) groups is 1. The molecule has 0 bridgehead atoms. The number of aliphatic carboxylic acids is 1. The summed E-state index contributed by atoms with van der Waals surface area (Å²) in [6.07, 6.45) is 3.12. The van der Waals surface area contributed by atoms with Gasteiger partial charge in [-0.05, 0) is 24.2 Å².